The number of halogens is 2. The second kappa shape index (κ2) is 9.51. The molecule has 30 heavy (non-hydrogen) atoms. The van der Waals surface area contributed by atoms with Crippen molar-refractivity contribution in [1.29, 1.82) is 0 Å². The maximum Gasteiger partial charge on any atom is 0.234 e. The second-order valence-electron chi connectivity index (χ2n) is 6.56. The number of fused-ring (bicyclic) bond motifs is 1. The first-order chi connectivity index (χ1) is 14.6. The molecule has 0 unspecified atom stereocenters. The summed E-state index contributed by atoms with van der Waals surface area (Å²) in [5.41, 5.74) is 1.67. The van der Waals surface area contributed by atoms with E-state index in [2.05, 4.69) is 60.4 Å². The molecular weight excluding hydrogens is 504 g/mol. The van der Waals surface area contributed by atoms with Gasteiger partial charge in [-0.15, -0.1) is 21.5 Å². The lowest BCUT2D eigenvalue weighted by Gasteiger charge is -2.09. The molecule has 4 aromatic rings. The Morgan fingerprint density at radius 2 is 2.10 bits per heavy atom. The summed E-state index contributed by atoms with van der Waals surface area (Å²) in [5, 5.41) is 16.2. The number of nitrogens with zero attached hydrogens (tertiary/aromatic N) is 3. The number of thioether (sulfide) groups is 1. The Bertz CT molecular complexity index is 1210. The van der Waals surface area contributed by atoms with Crippen molar-refractivity contribution in [3.05, 3.63) is 57.3 Å². The summed E-state index contributed by atoms with van der Waals surface area (Å²) in [7, 11) is 0. The molecule has 5 nitrogen and oxygen atoms in total. The minimum Gasteiger partial charge on any atom is -0.324 e. The van der Waals surface area contributed by atoms with Crippen LogP contribution >= 0.6 is 50.6 Å². The molecule has 0 aliphatic carbocycles. The van der Waals surface area contributed by atoms with E-state index in [1.165, 1.54) is 21.8 Å². The topological polar surface area (TPSA) is 59.8 Å². The van der Waals surface area contributed by atoms with Crippen LogP contribution in [0.1, 0.15) is 13.3 Å². The Balaban J connectivity index is 1.52. The fourth-order valence-electron chi connectivity index (χ4n) is 3.08. The molecule has 154 valence electrons. The van der Waals surface area contributed by atoms with E-state index in [0.29, 0.717) is 10.7 Å². The van der Waals surface area contributed by atoms with Crippen LogP contribution in [0.15, 0.2) is 57.5 Å². The third-order valence-corrected chi connectivity index (χ3v) is 7.16. The number of nitrogens with one attached hydrogen (secondary N) is 1. The van der Waals surface area contributed by atoms with Gasteiger partial charge in [0.25, 0.3) is 0 Å². The Morgan fingerprint density at radius 1 is 1.27 bits per heavy atom. The third kappa shape index (κ3) is 4.56. The van der Waals surface area contributed by atoms with E-state index in [1.54, 1.807) is 23.5 Å². The van der Waals surface area contributed by atoms with Gasteiger partial charge in [0, 0.05) is 32.0 Å². The summed E-state index contributed by atoms with van der Waals surface area (Å²) in [6, 6.07) is 13.6. The van der Waals surface area contributed by atoms with Gasteiger partial charge in [-0.3, -0.25) is 4.79 Å². The van der Waals surface area contributed by atoms with E-state index >= 15 is 0 Å². The third-order valence-electron chi connectivity index (χ3n) is 4.42. The molecule has 2 aromatic heterocycles. The zero-order valence-electron chi connectivity index (χ0n) is 16.1. The highest BCUT2D eigenvalue weighted by Crippen LogP contribution is 2.34. The predicted octanol–water partition coefficient (Wildman–Crippen LogP) is 6.72. The lowest BCUT2D eigenvalue weighted by Crippen LogP contribution is -2.15. The van der Waals surface area contributed by atoms with Gasteiger partial charge in [-0.1, -0.05) is 64.4 Å². The van der Waals surface area contributed by atoms with Gasteiger partial charge < -0.3 is 9.88 Å². The normalized spacial score (nSPS) is 11.2. The Hall–Kier alpha value is -1.87. The molecule has 0 radical (unpaired) electrons. The number of thiophene rings is 1. The molecule has 0 spiro atoms. The van der Waals surface area contributed by atoms with E-state index < -0.39 is 0 Å². The maximum absolute atomic E-state index is 12.4. The van der Waals surface area contributed by atoms with Crippen LogP contribution in [0.5, 0.6) is 0 Å². The van der Waals surface area contributed by atoms with Crippen molar-refractivity contribution < 1.29 is 4.79 Å². The van der Waals surface area contributed by atoms with Crippen LogP contribution in [-0.2, 0) is 11.3 Å². The number of rotatable bonds is 7. The first-order valence-corrected chi connectivity index (χ1v) is 12.4. The summed E-state index contributed by atoms with van der Waals surface area (Å²) in [4.78, 5) is 12.4. The van der Waals surface area contributed by atoms with Crippen LogP contribution in [0.2, 0.25) is 5.02 Å². The number of carbonyl (C=O) groups is 1. The summed E-state index contributed by atoms with van der Waals surface area (Å²) < 4.78 is 4.18. The molecular formula is C21H18BrClN4OS2. The van der Waals surface area contributed by atoms with E-state index in [-0.39, 0.29) is 11.7 Å². The number of aromatic nitrogens is 3. The summed E-state index contributed by atoms with van der Waals surface area (Å²) >= 11 is 12.6. The fourth-order valence-corrected chi connectivity index (χ4v) is 5.50. The van der Waals surface area contributed by atoms with Crippen LogP contribution in [0.25, 0.3) is 21.5 Å². The van der Waals surface area contributed by atoms with Crippen molar-refractivity contribution in [3.8, 4) is 11.4 Å². The molecule has 0 fully saturated rings. The Kier molecular flexibility index (Phi) is 6.77. The monoisotopic (exact) mass is 520 g/mol. The molecule has 0 bridgehead atoms. The van der Waals surface area contributed by atoms with Gasteiger partial charge in [-0.25, -0.2) is 0 Å². The van der Waals surface area contributed by atoms with Gasteiger partial charge >= 0.3 is 0 Å². The molecule has 2 aromatic carbocycles. The SMILES string of the molecule is CCCn1c(SCC(=O)Nc2ccc(Br)cc2Cl)nnc1-c1csc2ccccc12. The molecule has 0 aliphatic rings. The zero-order valence-corrected chi connectivity index (χ0v) is 20.0. The second-order valence-corrected chi connectivity index (χ2v) is 9.74. The highest BCUT2D eigenvalue weighted by molar-refractivity contribution is 9.10. The number of amides is 1. The van der Waals surface area contributed by atoms with E-state index in [9.17, 15) is 4.79 Å². The number of hydrogen-bond acceptors (Lipinski definition) is 5. The maximum atomic E-state index is 12.4. The molecule has 0 saturated carbocycles. The predicted molar refractivity (Wildman–Crippen MR) is 130 cm³/mol. The minimum atomic E-state index is -0.141. The molecule has 1 N–H and O–H groups in total. The van der Waals surface area contributed by atoms with Crippen molar-refractivity contribution in [2.45, 2.75) is 25.0 Å². The Morgan fingerprint density at radius 3 is 2.90 bits per heavy atom. The van der Waals surface area contributed by atoms with E-state index in [1.807, 2.05) is 18.2 Å². The minimum absolute atomic E-state index is 0.141. The number of benzene rings is 2. The van der Waals surface area contributed by atoms with Crippen molar-refractivity contribution >= 4 is 72.3 Å². The highest BCUT2D eigenvalue weighted by atomic mass is 79.9. The van der Waals surface area contributed by atoms with Crippen molar-refractivity contribution in [2.24, 2.45) is 0 Å². The largest absolute Gasteiger partial charge is 0.324 e. The van der Waals surface area contributed by atoms with Crippen LogP contribution in [0, 0.1) is 0 Å². The molecule has 2 heterocycles. The van der Waals surface area contributed by atoms with E-state index in [0.717, 1.165) is 34.0 Å². The van der Waals surface area contributed by atoms with Crippen LogP contribution < -0.4 is 5.32 Å². The Labute approximate surface area is 196 Å². The quantitative estimate of drug-likeness (QED) is 0.274. The van der Waals surface area contributed by atoms with Crippen molar-refractivity contribution in [3.63, 3.8) is 0 Å². The smallest absolute Gasteiger partial charge is 0.234 e. The first kappa shape index (κ1) is 21.4. The molecule has 0 atom stereocenters. The molecule has 0 aliphatic heterocycles. The van der Waals surface area contributed by atoms with Gasteiger partial charge in [0.05, 0.1) is 16.5 Å². The van der Waals surface area contributed by atoms with Crippen LogP contribution in [0.3, 0.4) is 0 Å². The zero-order chi connectivity index (χ0) is 21.1. The first-order valence-electron chi connectivity index (χ1n) is 9.34. The lowest BCUT2D eigenvalue weighted by molar-refractivity contribution is -0.113. The van der Waals surface area contributed by atoms with Gasteiger partial charge in [-0.2, -0.15) is 0 Å². The molecule has 1 amide bonds. The van der Waals surface area contributed by atoms with Gasteiger partial charge in [0.15, 0.2) is 11.0 Å². The fraction of sp³-hybridized carbons (Fsp3) is 0.190. The van der Waals surface area contributed by atoms with Crippen molar-refractivity contribution in [2.75, 3.05) is 11.1 Å². The van der Waals surface area contributed by atoms with Gasteiger partial charge in [-0.05, 0) is 30.7 Å². The van der Waals surface area contributed by atoms with Gasteiger partial charge in [0.1, 0.15) is 0 Å². The molecule has 9 heteroatoms. The van der Waals surface area contributed by atoms with Crippen LogP contribution in [-0.4, -0.2) is 26.4 Å². The molecule has 0 saturated heterocycles. The number of anilines is 1. The standard InChI is InChI=1S/C21H18BrClN4OS2/c1-2-9-27-20(15-11-29-18-6-4-3-5-14(15)18)25-26-21(27)30-12-19(28)24-17-8-7-13(22)10-16(17)23/h3-8,10-11H,2,9,12H2,1H3,(H,24,28). The number of carbonyl (C=O) groups excluding carboxylic acids is 1. The summed E-state index contributed by atoms with van der Waals surface area (Å²) in [5.74, 6) is 0.921. The average Bonchev–Trinajstić information content (AvgIpc) is 3.33. The molecule has 4 rings (SSSR count). The number of hydrogen-bond donors (Lipinski definition) is 1. The summed E-state index contributed by atoms with van der Waals surface area (Å²) in [6.07, 6.45) is 0.946. The lowest BCUT2D eigenvalue weighted by atomic mass is 10.1. The summed E-state index contributed by atoms with van der Waals surface area (Å²) in [6.45, 7) is 2.90. The average molecular weight is 522 g/mol. The van der Waals surface area contributed by atoms with E-state index in [4.69, 9.17) is 11.6 Å². The highest BCUT2D eigenvalue weighted by Gasteiger charge is 2.18. The van der Waals surface area contributed by atoms with Gasteiger partial charge in [0.2, 0.25) is 5.91 Å². The van der Waals surface area contributed by atoms with Crippen LogP contribution in [0.4, 0.5) is 5.69 Å². The van der Waals surface area contributed by atoms with Crippen molar-refractivity contribution in [1.82, 2.24) is 14.8 Å².